The topological polar surface area (TPSA) is 90.3 Å². The van der Waals surface area contributed by atoms with Gasteiger partial charge in [-0.05, 0) is 50.8 Å². The molecule has 0 amide bonds. The quantitative estimate of drug-likeness (QED) is 0.494. The highest BCUT2D eigenvalue weighted by atomic mass is 32.1. The fourth-order valence-electron chi connectivity index (χ4n) is 4.75. The number of carboxylic acids is 2. The first kappa shape index (κ1) is 31.3. The Morgan fingerprint density at radius 2 is 1.59 bits per heavy atom. The van der Waals surface area contributed by atoms with Gasteiger partial charge in [0.05, 0.1) is 6.61 Å². The fourth-order valence-corrected chi connectivity index (χ4v) is 5.68. The lowest BCUT2D eigenvalue weighted by atomic mass is 9.77. The Morgan fingerprint density at radius 1 is 1.05 bits per heavy atom. The van der Waals surface area contributed by atoms with Crippen LogP contribution < -0.4 is 0 Å². The van der Waals surface area contributed by atoms with Gasteiger partial charge in [0.2, 0.25) is 0 Å². The molecule has 14 heteroatoms. The van der Waals surface area contributed by atoms with Crippen molar-refractivity contribution >= 4 is 23.3 Å². The van der Waals surface area contributed by atoms with Gasteiger partial charge < -0.3 is 19.8 Å². The molecular weight excluding hydrogens is 530 g/mol. The van der Waals surface area contributed by atoms with Crippen molar-refractivity contribution in [3.63, 3.8) is 0 Å². The van der Waals surface area contributed by atoms with Crippen molar-refractivity contribution in [2.45, 2.75) is 45.1 Å². The van der Waals surface area contributed by atoms with Crippen molar-refractivity contribution in [2.24, 2.45) is 17.3 Å². The van der Waals surface area contributed by atoms with Crippen LogP contribution in [0.15, 0.2) is 12.1 Å². The molecule has 1 aliphatic carbocycles. The van der Waals surface area contributed by atoms with Gasteiger partial charge in [-0.1, -0.05) is 0 Å². The Labute approximate surface area is 215 Å². The van der Waals surface area contributed by atoms with Gasteiger partial charge in [-0.25, -0.2) is 9.59 Å². The Bertz CT molecular complexity index is 881. The van der Waals surface area contributed by atoms with Crippen LogP contribution in [0.1, 0.15) is 29.0 Å². The van der Waals surface area contributed by atoms with Crippen LogP contribution in [0.5, 0.6) is 0 Å². The van der Waals surface area contributed by atoms with Crippen LogP contribution in [0.25, 0.3) is 0 Å². The zero-order valence-corrected chi connectivity index (χ0v) is 21.4. The first-order chi connectivity index (χ1) is 17.1. The second kappa shape index (κ2) is 12.8. The van der Waals surface area contributed by atoms with Crippen molar-refractivity contribution in [1.82, 2.24) is 9.80 Å². The van der Waals surface area contributed by atoms with E-state index in [0.29, 0.717) is 5.41 Å². The first-order valence-corrected chi connectivity index (χ1v) is 12.5. The maximum Gasteiger partial charge on any atom is 0.490 e. The molecule has 0 unspecified atom stereocenters. The summed E-state index contributed by atoms with van der Waals surface area (Å²) in [6, 6.07) is 4.57. The number of hydrogen-bond donors (Lipinski definition) is 2. The third kappa shape index (κ3) is 10.1. The number of rotatable bonds is 6. The average molecular weight is 563 g/mol. The molecule has 2 aliphatic heterocycles. The summed E-state index contributed by atoms with van der Waals surface area (Å²) in [7, 11) is 1.87. The number of likely N-dealkylation sites (tertiary alicyclic amines) is 2. The zero-order valence-electron chi connectivity index (χ0n) is 20.6. The highest BCUT2D eigenvalue weighted by Crippen LogP contribution is 2.45. The number of aliphatic carboxylic acids is 2. The molecule has 1 spiro atoms. The number of methoxy groups -OCH3 is 1. The molecule has 0 bridgehead atoms. The maximum absolute atomic E-state index is 10.6. The van der Waals surface area contributed by atoms with Gasteiger partial charge in [0, 0.05) is 60.9 Å². The van der Waals surface area contributed by atoms with Gasteiger partial charge in [-0.2, -0.15) is 26.3 Å². The summed E-state index contributed by atoms with van der Waals surface area (Å²) in [5.74, 6) is -3.79. The van der Waals surface area contributed by atoms with Crippen LogP contribution in [-0.2, 0) is 20.9 Å². The molecule has 2 atom stereocenters. The second-order valence-electron chi connectivity index (χ2n) is 9.73. The molecule has 3 aliphatic rings. The minimum atomic E-state index is -5.08. The summed E-state index contributed by atoms with van der Waals surface area (Å²) < 4.78 is 69.1. The smallest absolute Gasteiger partial charge is 0.475 e. The van der Waals surface area contributed by atoms with Crippen molar-refractivity contribution < 1.29 is 50.9 Å². The lowest BCUT2D eigenvalue weighted by Gasteiger charge is -2.30. The van der Waals surface area contributed by atoms with E-state index in [-0.39, 0.29) is 0 Å². The average Bonchev–Trinajstić information content (AvgIpc) is 3.19. The highest BCUT2D eigenvalue weighted by molar-refractivity contribution is 7.11. The molecule has 37 heavy (non-hydrogen) atoms. The van der Waals surface area contributed by atoms with E-state index in [1.165, 1.54) is 61.7 Å². The highest BCUT2D eigenvalue weighted by Gasteiger charge is 2.50. The Morgan fingerprint density at radius 3 is 2.03 bits per heavy atom. The summed E-state index contributed by atoms with van der Waals surface area (Å²) in [5, 5.41) is 14.2. The van der Waals surface area contributed by atoms with Gasteiger partial charge in [0.1, 0.15) is 0 Å². The zero-order chi connectivity index (χ0) is 28.0. The predicted molar refractivity (Wildman–Crippen MR) is 123 cm³/mol. The summed E-state index contributed by atoms with van der Waals surface area (Å²) >= 11 is 1.96. The van der Waals surface area contributed by atoms with E-state index in [1.807, 2.05) is 18.4 Å². The molecular formula is C23H32F6N2O5S. The largest absolute Gasteiger partial charge is 0.490 e. The molecule has 3 heterocycles. The summed E-state index contributed by atoms with van der Waals surface area (Å²) in [4.78, 5) is 26.2. The molecule has 2 N–H and O–H groups in total. The standard InChI is InChI=1S/C19H30N2OS.2C2HF3O2/c1-15-3-6-18(23-15)11-20-8-7-19(13-20)14-21(9-16-4-5-16)10-17(19)12-22-2;2*3-2(4,5)1(6)7/h3,6,16-17H,4-5,7-14H2,1-2H3;2*(H,6,7)/t17-,19-;;/m0../s1. The van der Waals surface area contributed by atoms with E-state index in [9.17, 15) is 26.3 Å². The van der Waals surface area contributed by atoms with Crippen molar-refractivity contribution in [3.8, 4) is 0 Å². The lowest BCUT2D eigenvalue weighted by molar-refractivity contribution is -0.193. The Hall–Kier alpha value is -1.90. The van der Waals surface area contributed by atoms with Crippen LogP contribution in [-0.4, -0.2) is 90.7 Å². The van der Waals surface area contributed by atoms with Gasteiger partial charge in [0.15, 0.2) is 0 Å². The number of nitrogens with zero attached hydrogens (tertiary/aromatic N) is 2. The molecule has 1 aromatic rings. The number of carboxylic acid groups (broad SMARTS) is 2. The number of hydrogen-bond acceptors (Lipinski definition) is 6. The third-order valence-corrected chi connectivity index (χ3v) is 7.57. The Kier molecular flexibility index (Phi) is 10.8. The normalized spacial score (nSPS) is 24.4. The summed E-state index contributed by atoms with van der Waals surface area (Å²) in [5.41, 5.74) is 0.483. The van der Waals surface area contributed by atoms with Crippen LogP contribution in [0.2, 0.25) is 0 Å². The SMILES string of the molecule is COC[C@@H]1CN(CC2CC2)C[C@@]12CCN(Cc1ccc(C)s1)C2.O=C(O)C(F)(F)F.O=C(O)C(F)(F)F. The number of thiophene rings is 1. The Balaban J connectivity index is 0.000000286. The van der Waals surface area contributed by atoms with Crippen molar-refractivity contribution in [1.29, 1.82) is 0 Å². The van der Waals surface area contributed by atoms with Crippen LogP contribution in [0.4, 0.5) is 26.3 Å². The van der Waals surface area contributed by atoms with E-state index < -0.39 is 24.3 Å². The monoisotopic (exact) mass is 562 g/mol. The van der Waals surface area contributed by atoms with E-state index >= 15 is 0 Å². The number of aryl methyl sites for hydroxylation is 1. The van der Waals surface area contributed by atoms with Crippen molar-refractivity contribution in [2.75, 3.05) is 46.4 Å². The molecule has 1 saturated carbocycles. The first-order valence-electron chi connectivity index (χ1n) is 11.6. The second-order valence-corrected chi connectivity index (χ2v) is 11.1. The lowest BCUT2D eigenvalue weighted by Crippen LogP contribution is -2.36. The summed E-state index contributed by atoms with van der Waals surface area (Å²) in [6.07, 6.45) is -5.89. The van der Waals surface area contributed by atoms with E-state index in [2.05, 4.69) is 28.9 Å². The molecule has 0 aromatic carbocycles. The molecule has 0 radical (unpaired) electrons. The van der Waals surface area contributed by atoms with Gasteiger partial charge in [-0.15, -0.1) is 11.3 Å². The molecule has 3 fully saturated rings. The number of ether oxygens (including phenoxy) is 1. The van der Waals surface area contributed by atoms with E-state index in [1.54, 1.807) is 0 Å². The minimum Gasteiger partial charge on any atom is -0.475 e. The van der Waals surface area contributed by atoms with Gasteiger partial charge >= 0.3 is 24.3 Å². The van der Waals surface area contributed by atoms with Crippen molar-refractivity contribution in [3.05, 3.63) is 21.9 Å². The number of alkyl halides is 6. The molecule has 4 rings (SSSR count). The number of halogens is 6. The third-order valence-electron chi connectivity index (χ3n) is 6.59. The predicted octanol–water partition coefficient (Wildman–Crippen LogP) is 4.50. The maximum atomic E-state index is 10.6. The van der Waals surface area contributed by atoms with Gasteiger partial charge in [0.25, 0.3) is 0 Å². The molecule has 212 valence electrons. The fraction of sp³-hybridized carbons (Fsp3) is 0.739. The van der Waals surface area contributed by atoms with E-state index in [4.69, 9.17) is 24.5 Å². The van der Waals surface area contributed by atoms with E-state index in [0.717, 1.165) is 25.0 Å². The number of carbonyl (C=O) groups is 2. The minimum absolute atomic E-state index is 0.483. The van der Waals surface area contributed by atoms with Gasteiger partial charge in [-0.3, -0.25) is 4.90 Å². The summed E-state index contributed by atoms with van der Waals surface area (Å²) in [6.45, 7) is 10.7. The van der Waals surface area contributed by atoms with Crippen LogP contribution >= 0.6 is 11.3 Å². The molecule has 7 nitrogen and oxygen atoms in total. The molecule has 2 saturated heterocycles. The van der Waals surface area contributed by atoms with Crippen LogP contribution in [0.3, 0.4) is 0 Å². The van der Waals surface area contributed by atoms with Crippen LogP contribution in [0, 0.1) is 24.2 Å². The molecule has 1 aromatic heterocycles.